The fourth-order valence-corrected chi connectivity index (χ4v) is 3.82. The van der Waals surface area contributed by atoms with Gasteiger partial charge in [0.15, 0.2) is 0 Å². The molecular weight excluding hydrogens is 421 g/mol. The number of rotatable bonds is 2. The Morgan fingerprint density at radius 1 is 0.938 bits per heavy atom. The summed E-state index contributed by atoms with van der Waals surface area (Å²) >= 11 is 0. The first kappa shape index (κ1) is 21.2. The third-order valence-corrected chi connectivity index (χ3v) is 5.37. The van der Waals surface area contributed by atoms with Gasteiger partial charge in [0.05, 0.1) is 34.1 Å². The van der Waals surface area contributed by atoms with E-state index in [-0.39, 0.29) is 23.5 Å². The van der Waals surface area contributed by atoms with Crippen LogP contribution >= 0.6 is 0 Å². The fraction of sp³-hybridized carbons (Fsp3) is 0.174. The van der Waals surface area contributed by atoms with E-state index in [0.29, 0.717) is 28.2 Å². The van der Waals surface area contributed by atoms with Gasteiger partial charge < -0.3 is 9.88 Å². The Kier molecular flexibility index (Phi) is 5.01. The Balaban J connectivity index is 1.93. The monoisotopic (exact) mass is 438 g/mol. The maximum absolute atomic E-state index is 13.4. The van der Waals surface area contributed by atoms with Gasteiger partial charge in [-0.05, 0) is 61.9 Å². The van der Waals surface area contributed by atoms with Crippen LogP contribution in [-0.2, 0) is 6.18 Å². The number of nitriles is 1. The Labute approximate surface area is 181 Å². The number of anilines is 3. The number of hydrogen-bond donors (Lipinski definition) is 1. The molecule has 162 valence electrons. The van der Waals surface area contributed by atoms with Gasteiger partial charge in [0.25, 0.3) is 5.91 Å². The zero-order valence-electron chi connectivity index (χ0n) is 17.1. The van der Waals surface area contributed by atoms with Crippen LogP contribution in [-0.4, -0.2) is 17.6 Å². The highest BCUT2D eigenvalue weighted by Crippen LogP contribution is 2.41. The van der Waals surface area contributed by atoms with Crippen LogP contribution in [0, 0.1) is 25.2 Å². The summed E-state index contributed by atoms with van der Waals surface area (Å²) in [5, 5.41) is 9.15. The molecule has 1 N–H and O–H groups in total. The van der Waals surface area contributed by atoms with E-state index in [1.807, 2.05) is 6.07 Å². The molecule has 0 spiro atoms. The molecule has 32 heavy (non-hydrogen) atoms. The Morgan fingerprint density at radius 2 is 1.66 bits per heavy atom. The quantitative estimate of drug-likeness (QED) is 0.632. The van der Waals surface area contributed by atoms with Crippen LogP contribution in [0.25, 0.3) is 0 Å². The van der Waals surface area contributed by atoms with Gasteiger partial charge >= 0.3 is 6.18 Å². The first-order valence-electron chi connectivity index (χ1n) is 9.61. The molecule has 0 saturated carbocycles. The lowest BCUT2D eigenvalue weighted by Crippen LogP contribution is -2.45. The van der Waals surface area contributed by atoms with Crippen LogP contribution in [0.2, 0.25) is 0 Å². The lowest BCUT2D eigenvalue weighted by molar-refractivity contribution is -0.137. The molecule has 2 aromatic carbocycles. The molecule has 0 radical (unpaired) electrons. The third-order valence-electron chi connectivity index (χ3n) is 5.37. The van der Waals surface area contributed by atoms with Crippen molar-refractivity contribution in [1.82, 2.24) is 4.98 Å². The number of halogens is 3. The zero-order chi connectivity index (χ0) is 23.2. The Morgan fingerprint density at radius 3 is 2.28 bits per heavy atom. The largest absolute Gasteiger partial charge is 0.416 e. The third kappa shape index (κ3) is 3.60. The van der Waals surface area contributed by atoms with E-state index in [1.54, 1.807) is 36.9 Å². The summed E-state index contributed by atoms with van der Waals surface area (Å²) in [5.74, 6) is -0.480. The predicted molar refractivity (Wildman–Crippen MR) is 113 cm³/mol. The molecule has 1 aliphatic rings. The van der Waals surface area contributed by atoms with Crippen molar-refractivity contribution in [3.63, 3.8) is 0 Å². The topological polar surface area (TPSA) is 80.2 Å². The summed E-state index contributed by atoms with van der Waals surface area (Å²) in [7, 11) is 0. The summed E-state index contributed by atoms with van der Waals surface area (Å²) in [6.07, 6.45) is -4.57. The van der Waals surface area contributed by atoms with E-state index >= 15 is 0 Å². The van der Waals surface area contributed by atoms with E-state index in [4.69, 9.17) is 5.26 Å². The van der Waals surface area contributed by atoms with Crippen LogP contribution in [0.15, 0.2) is 53.3 Å². The predicted octanol–water partition coefficient (Wildman–Crippen LogP) is 4.64. The van der Waals surface area contributed by atoms with Gasteiger partial charge in [0.1, 0.15) is 6.67 Å². The number of H-pyrrole nitrogens is 1. The van der Waals surface area contributed by atoms with Crippen molar-refractivity contribution in [1.29, 1.82) is 5.26 Å². The van der Waals surface area contributed by atoms with E-state index in [9.17, 15) is 22.8 Å². The summed E-state index contributed by atoms with van der Waals surface area (Å²) < 4.78 is 40.2. The smallest absolute Gasteiger partial charge is 0.324 e. The molecule has 1 aromatic heterocycles. The normalized spacial score (nSPS) is 13.7. The number of hydrogen-bond acceptors (Lipinski definition) is 4. The highest BCUT2D eigenvalue weighted by Gasteiger charge is 2.37. The van der Waals surface area contributed by atoms with Crippen LogP contribution in [0.1, 0.15) is 32.7 Å². The molecule has 3 aromatic rings. The van der Waals surface area contributed by atoms with Crippen molar-refractivity contribution in [3.8, 4) is 6.07 Å². The molecule has 1 amide bonds. The fourth-order valence-electron chi connectivity index (χ4n) is 3.82. The Bertz CT molecular complexity index is 1340. The van der Waals surface area contributed by atoms with Crippen molar-refractivity contribution in [2.75, 3.05) is 16.5 Å². The number of aryl methyl sites for hydroxylation is 2. The number of pyridine rings is 1. The number of amides is 1. The van der Waals surface area contributed by atoms with Gasteiger partial charge in [-0.25, -0.2) is 0 Å². The van der Waals surface area contributed by atoms with E-state index in [1.165, 1.54) is 23.1 Å². The van der Waals surface area contributed by atoms with Crippen molar-refractivity contribution in [2.24, 2.45) is 0 Å². The second kappa shape index (κ2) is 7.57. The van der Waals surface area contributed by atoms with Gasteiger partial charge in [0, 0.05) is 17.4 Å². The number of benzene rings is 2. The van der Waals surface area contributed by atoms with Crippen molar-refractivity contribution >= 4 is 23.0 Å². The molecule has 2 heterocycles. The van der Waals surface area contributed by atoms with Crippen LogP contribution in [0.3, 0.4) is 0 Å². The summed E-state index contributed by atoms with van der Waals surface area (Å²) in [5.41, 5.74) is 1.56. The first-order chi connectivity index (χ1) is 15.1. The van der Waals surface area contributed by atoms with Gasteiger partial charge in [-0.15, -0.1) is 0 Å². The molecule has 0 saturated heterocycles. The van der Waals surface area contributed by atoms with E-state index in [0.717, 1.165) is 12.1 Å². The minimum absolute atomic E-state index is 0.0766. The first-order valence-corrected chi connectivity index (χ1v) is 9.61. The number of nitrogens with zero attached hydrogens (tertiary/aromatic N) is 3. The molecule has 4 rings (SSSR count). The minimum atomic E-state index is -4.57. The molecule has 0 atom stereocenters. The second-order valence-corrected chi connectivity index (χ2v) is 7.48. The maximum atomic E-state index is 13.4. The highest BCUT2D eigenvalue weighted by atomic mass is 19.4. The standard InChI is InChI=1S/C23H17F3N4O2/c1-13-9-15(11-27)3-6-18(13)29-12-30(19-7-8-21(31)28-14(19)2)22(32)17-5-4-16(10-20(17)29)23(24,25)26/h3-10H,12H2,1-2H3,(H,28,31). The van der Waals surface area contributed by atoms with Crippen LogP contribution in [0.5, 0.6) is 0 Å². The zero-order valence-corrected chi connectivity index (χ0v) is 17.1. The summed E-state index contributed by atoms with van der Waals surface area (Å²) in [6.45, 7) is 3.31. The number of nitrogens with one attached hydrogen (secondary N) is 1. The SMILES string of the molecule is Cc1cc(C#N)ccc1N1CN(c2ccc(=O)[nH]c2C)C(=O)c2ccc(C(F)(F)F)cc21. The summed E-state index contributed by atoms with van der Waals surface area (Å²) in [6, 6.07) is 12.7. The lowest BCUT2D eigenvalue weighted by Gasteiger charge is -2.39. The molecular formula is C23H17F3N4O2. The van der Waals surface area contributed by atoms with Gasteiger partial charge in [-0.2, -0.15) is 18.4 Å². The van der Waals surface area contributed by atoms with Crippen molar-refractivity contribution in [2.45, 2.75) is 20.0 Å². The average molecular weight is 438 g/mol. The molecule has 0 bridgehead atoms. The van der Waals surface area contributed by atoms with Crippen LogP contribution in [0.4, 0.5) is 30.2 Å². The Hall–Kier alpha value is -4.06. The highest BCUT2D eigenvalue weighted by molar-refractivity contribution is 6.12. The molecule has 0 fully saturated rings. The molecule has 6 nitrogen and oxygen atoms in total. The van der Waals surface area contributed by atoms with Crippen LogP contribution < -0.4 is 15.4 Å². The molecule has 0 unspecified atom stereocenters. The molecule has 1 aliphatic heterocycles. The summed E-state index contributed by atoms with van der Waals surface area (Å²) in [4.78, 5) is 30.5. The number of carbonyl (C=O) groups is 1. The van der Waals surface area contributed by atoms with Gasteiger partial charge in [-0.1, -0.05) is 0 Å². The van der Waals surface area contributed by atoms with Gasteiger partial charge in [-0.3, -0.25) is 14.5 Å². The maximum Gasteiger partial charge on any atom is 0.416 e. The number of alkyl halides is 3. The average Bonchev–Trinajstić information content (AvgIpc) is 2.74. The van der Waals surface area contributed by atoms with E-state index < -0.39 is 17.6 Å². The number of carbonyl (C=O) groups excluding carboxylic acids is 1. The van der Waals surface area contributed by atoms with Gasteiger partial charge in [0.2, 0.25) is 5.56 Å². The molecule has 0 aliphatic carbocycles. The molecule has 9 heteroatoms. The van der Waals surface area contributed by atoms with Crippen molar-refractivity contribution in [3.05, 3.63) is 86.8 Å². The number of aromatic amines is 1. The van der Waals surface area contributed by atoms with Crippen molar-refractivity contribution < 1.29 is 18.0 Å². The second-order valence-electron chi connectivity index (χ2n) is 7.48. The number of aromatic nitrogens is 1. The lowest BCUT2D eigenvalue weighted by atomic mass is 10.0. The van der Waals surface area contributed by atoms with E-state index in [2.05, 4.69) is 4.98 Å². The number of fused-ring (bicyclic) bond motifs is 1. The minimum Gasteiger partial charge on any atom is -0.324 e.